The number of nitrogens with zero attached hydrogens (tertiary/aromatic N) is 2. The zero-order chi connectivity index (χ0) is 34.4. The van der Waals surface area contributed by atoms with Gasteiger partial charge in [-0.25, -0.2) is 4.79 Å². The molecular weight excluding hydrogens is 674 g/mol. The van der Waals surface area contributed by atoms with E-state index in [4.69, 9.17) is 18.9 Å². The third-order valence-electron chi connectivity index (χ3n) is 8.92. The van der Waals surface area contributed by atoms with Gasteiger partial charge in [0, 0.05) is 23.2 Å². The van der Waals surface area contributed by atoms with Crippen LogP contribution in [0.5, 0.6) is 23.0 Å². The van der Waals surface area contributed by atoms with Crippen LogP contribution in [-0.2, 0) is 17.6 Å². The van der Waals surface area contributed by atoms with E-state index < -0.39 is 6.04 Å². The predicted molar refractivity (Wildman–Crippen MR) is 192 cm³/mol. The molecule has 9 nitrogen and oxygen atoms in total. The van der Waals surface area contributed by atoms with Gasteiger partial charge < -0.3 is 34.1 Å². The van der Waals surface area contributed by atoms with Crippen molar-refractivity contribution >= 4 is 33.6 Å². The first-order valence-corrected chi connectivity index (χ1v) is 17.9. The molecule has 3 aromatic carbocycles. The second-order valence-corrected chi connectivity index (χ2v) is 13.1. The van der Waals surface area contributed by atoms with Crippen LogP contribution >= 0.6 is 15.9 Å². The minimum absolute atomic E-state index is 0.0788. The molecule has 2 aliphatic heterocycles. The molecule has 3 aromatic rings. The second-order valence-electron chi connectivity index (χ2n) is 12.2. The number of hydrogen-bond donors (Lipinski definition) is 1. The summed E-state index contributed by atoms with van der Waals surface area (Å²) in [7, 11) is 0. The molecule has 258 valence electrons. The molecule has 0 radical (unpaired) electrons. The number of carbonyl (C=O) groups is 2. The summed E-state index contributed by atoms with van der Waals surface area (Å²) in [5.41, 5.74) is 6.09. The average Bonchev–Trinajstić information content (AvgIpc) is 3.04. The van der Waals surface area contributed by atoms with Crippen LogP contribution in [0.25, 0.3) is 0 Å². The first-order chi connectivity index (χ1) is 23.2. The van der Waals surface area contributed by atoms with Gasteiger partial charge in [-0.2, -0.15) is 0 Å². The molecule has 2 atom stereocenters. The number of hydrogen-bond acceptors (Lipinski definition) is 6. The highest BCUT2D eigenvalue weighted by molar-refractivity contribution is 9.10. The van der Waals surface area contributed by atoms with E-state index in [0.29, 0.717) is 81.8 Å². The predicted octanol–water partition coefficient (Wildman–Crippen LogP) is 7.71. The van der Waals surface area contributed by atoms with Crippen LogP contribution in [0.4, 0.5) is 10.5 Å². The third kappa shape index (κ3) is 7.69. The number of carbonyl (C=O) groups excluding carboxylic acids is 2. The van der Waals surface area contributed by atoms with Crippen LogP contribution < -0.4 is 29.2 Å². The SMILES string of the molecule is CCOc1ccc(CC2c3cc(OCC)c(OCC)cc3CCN2C(=O)NC2CCCN(c3c(C)cc(Br)cc3C)C2=O)cc1OCC. The lowest BCUT2D eigenvalue weighted by Crippen LogP contribution is -2.56. The van der Waals surface area contributed by atoms with Crippen LogP contribution in [0.1, 0.15) is 74.4 Å². The van der Waals surface area contributed by atoms with Gasteiger partial charge >= 0.3 is 6.03 Å². The fourth-order valence-electron chi connectivity index (χ4n) is 6.95. The highest BCUT2D eigenvalue weighted by Gasteiger charge is 2.37. The van der Waals surface area contributed by atoms with E-state index >= 15 is 0 Å². The Morgan fingerprint density at radius 1 is 0.833 bits per heavy atom. The monoisotopic (exact) mass is 721 g/mol. The summed E-state index contributed by atoms with van der Waals surface area (Å²) in [6.45, 7) is 15.0. The molecule has 0 spiro atoms. The van der Waals surface area contributed by atoms with E-state index in [1.807, 2.05) is 87.7 Å². The minimum atomic E-state index is -0.620. The van der Waals surface area contributed by atoms with Crippen molar-refractivity contribution in [3.63, 3.8) is 0 Å². The van der Waals surface area contributed by atoms with Gasteiger partial charge in [0.2, 0.25) is 5.91 Å². The number of halogens is 1. The number of nitrogens with one attached hydrogen (secondary N) is 1. The zero-order valence-corrected chi connectivity index (χ0v) is 30.6. The van der Waals surface area contributed by atoms with E-state index in [-0.39, 0.29) is 18.0 Å². The maximum absolute atomic E-state index is 14.3. The number of anilines is 1. The summed E-state index contributed by atoms with van der Waals surface area (Å²) in [5.74, 6) is 2.66. The lowest BCUT2D eigenvalue weighted by atomic mass is 9.88. The average molecular weight is 723 g/mol. The molecule has 1 saturated heterocycles. The Kier molecular flexibility index (Phi) is 11.8. The molecule has 0 aliphatic carbocycles. The fourth-order valence-corrected chi connectivity index (χ4v) is 7.63. The Bertz CT molecular complexity index is 1610. The summed E-state index contributed by atoms with van der Waals surface area (Å²) >= 11 is 3.57. The van der Waals surface area contributed by atoms with Crippen LogP contribution in [0.15, 0.2) is 46.9 Å². The molecule has 0 saturated carbocycles. The number of ether oxygens (including phenoxy) is 4. The molecule has 1 N–H and O–H groups in total. The van der Waals surface area contributed by atoms with Gasteiger partial charge in [-0.3, -0.25) is 4.79 Å². The van der Waals surface area contributed by atoms with Gasteiger partial charge in [0.25, 0.3) is 0 Å². The van der Waals surface area contributed by atoms with Crippen molar-refractivity contribution in [3.8, 4) is 23.0 Å². The van der Waals surface area contributed by atoms with E-state index in [2.05, 4.69) is 27.3 Å². The summed E-state index contributed by atoms with van der Waals surface area (Å²) in [5, 5.41) is 3.15. The van der Waals surface area contributed by atoms with Gasteiger partial charge in [0.15, 0.2) is 23.0 Å². The molecule has 2 unspecified atom stereocenters. The first kappa shape index (κ1) is 35.4. The molecule has 0 aromatic heterocycles. The highest BCUT2D eigenvalue weighted by Crippen LogP contribution is 2.41. The van der Waals surface area contributed by atoms with E-state index in [1.54, 1.807) is 0 Å². The van der Waals surface area contributed by atoms with Gasteiger partial charge in [-0.1, -0.05) is 22.0 Å². The summed E-state index contributed by atoms with van der Waals surface area (Å²) in [4.78, 5) is 31.9. The molecule has 5 rings (SSSR count). The number of aryl methyl sites for hydroxylation is 2. The second kappa shape index (κ2) is 16.0. The smallest absolute Gasteiger partial charge is 0.318 e. The summed E-state index contributed by atoms with van der Waals surface area (Å²) in [6.07, 6.45) is 2.57. The van der Waals surface area contributed by atoms with Gasteiger partial charge in [0.1, 0.15) is 6.04 Å². The Hall–Kier alpha value is -3.92. The van der Waals surface area contributed by atoms with Crippen molar-refractivity contribution in [2.24, 2.45) is 0 Å². The summed E-state index contributed by atoms with van der Waals surface area (Å²) < 4.78 is 24.7. The maximum atomic E-state index is 14.3. The molecular formula is C38H48BrN3O6. The molecule has 0 bridgehead atoms. The van der Waals surface area contributed by atoms with Gasteiger partial charge in [-0.15, -0.1) is 0 Å². The number of benzene rings is 3. The largest absolute Gasteiger partial charge is 0.490 e. The molecule has 2 aliphatic rings. The number of amides is 3. The number of urea groups is 1. The van der Waals surface area contributed by atoms with Crippen LogP contribution in [-0.4, -0.2) is 62.4 Å². The van der Waals surface area contributed by atoms with Crippen LogP contribution in [0.3, 0.4) is 0 Å². The third-order valence-corrected chi connectivity index (χ3v) is 9.38. The summed E-state index contributed by atoms with van der Waals surface area (Å²) in [6, 6.07) is 12.9. The van der Waals surface area contributed by atoms with Gasteiger partial charge in [0.05, 0.1) is 32.5 Å². The Labute approximate surface area is 293 Å². The van der Waals surface area contributed by atoms with Crippen molar-refractivity contribution in [1.82, 2.24) is 10.2 Å². The Morgan fingerprint density at radius 2 is 1.44 bits per heavy atom. The molecule has 48 heavy (non-hydrogen) atoms. The Balaban J connectivity index is 1.47. The highest BCUT2D eigenvalue weighted by atomic mass is 79.9. The lowest BCUT2D eigenvalue weighted by Gasteiger charge is -2.40. The van der Waals surface area contributed by atoms with Crippen molar-refractivity contribution in [2.75, 3.05) is 44.4 Å². The topological polar surface area (TPSA) is 89.6 Å². The maximum Gasteiger partial charge on any atom is 0.318 e. The fraction of sp³-hybridized carbons (Fsp3) is 0.474. The normalized spacial score (nSPS) is 17.5. The molecule has 10 heteroatoms. The van der Waals surface area contributed by atoms with Crippen molar-refractivity contribution in [2.45, 2.75) is 79.3 Å². The standard InChI is InChI=1S/C38H48BrN3O6/c1-7-45-32-14-13-26(21-33(32)46-8-2)20-31-29-23-35(48-10-4)34(47-9-3)22-27(29)15-17-41(31)38(44)40-30-12-11-16-42(37(30)43)36-24(5)18-28(39)19-25(36)6/h13-14,18-19,21-23,30-31H,7-12,15-17,20H2,1-6H3,(H,40,44). The van der Waals surface area contributed by atoms with Crippen LogP contribution in [0, 0.1) is 13.8 Å². The quantitative estimate of drug-likeness (QED) is 0.206. The van der Waals surface area contributed by atoms with E-state index in [9.17, 15) is 9.59 Å². The Morgan fingerprint density at radius 3 is 2.08 bits per heavy atom. The molecule has 2 heterocycles. The lowest BCUT2D eigenvalue weighted by molar-refractivity contribution is -0.121. The van der Waals surface area contributed by atoms with E-state index in [1.165, 1.54) is 0 Å². The molecule has 3 amide bonds. The number of rotatable bonds is 12. The molecule has 1 fully saturated rings. The van der Waals surface area contributed by atoms with Crippen LogP contribution in [0.2, 0.25) is 0 Å². The minimum Gasteiger partial charge on any atom is -0.490 e. The van der Waals surface area contributed by atoms with Crippen molar-refractivity contribution in [3.05, 3.63) is 74.8 Å². The van der Waals surface area contributed by atoms with E-state index in [0.717, 1.165) is 44.4 Å². The number of piperidine rings is 1. The first-order valence-electron chi connectivity index (χ1n) is 17.1. The van der Waals surface area contributed by atoms with Crippen molar-refractivity contribution in [1.29, 1.82) is 0 Å². The zero-order valence-electron chi connectivity index (χ0n) is 29.0. The van der Waals surface area contributed by atoms with Gasteiger partial charge in [-0.05, 0) is 131 Å². The number of fused-ring (bicyclic) bond motifs is 1. The van der Waals surface area contributed by atoms with Crippen molar-refractivity contribution < 1.29 is 28.5 Å².